The molecule has 0 unspecified atom stereocenters. The average molecular weight is 190 g/mol. The molecule has 0 spiro atoms. The van der Waals surface area contributed by atoms with Crippen molar-refractivity contribution in [2.45, 2.75) is 39.2 Å². The van der Waals surface area contributed by atoms with Crippen molar-refractivity contribution in [2.24, 2.45) is 0 Å². The maximum Gasteiger partial charge on any atom is 0.0384 e. The second-order valence-electron chi connectivity index (χ2n) is 3.65. The summed E-state index contributed by atoms with van der Waals surface area (Å²) >= 11 is 0. The fourth-order valence-corrected chi connectivity index (χ4v) is 1.44. The van der Waals surface area contributed by atoms with Crippen molar-refractivity contribution in [2.75, 3.05) is 6.54 Å². The number of hydrogen-bond acceptors (Lipinski definition) is 0. The molecule has 0 aliphatic carbocycles. The fraction of sp³-hybridized carbons (Fsp3) is 0.538. The minimum atomic E-state index is 0.882. The molecule has 0 aliphatic heterocycles. The van der Waals surface area contributed by atoms with Crippen LogP contribution < -0.4 is 5.32 Å². The van der Waals surface area contributed by atoms with Crippen LogP contribution in [0.4, 0.5) is 0 Å². The molecule has 1 aromatic carbocycles. The van der Waals surface area contributed by atoms with E-state index in [9.17, 15) is 0 Å². The number of rotatable bonds is 7. The van der Waals surface area contributed by atoms with Gasteiger partial charge >= 0.3 is 0 Å². The Morgan fingerprint density at radius 3 is 2.50 bits per heavy atom. The van der Waals surface area contributed by atoms with Gasteiger partial charge in [0.2, 0.25) is 0 Å². The highest BCUT2D eigenvalue weighted by atomic mass is 14.8. The predicted molar refractivity (Wildman–Crippen MR) is 61.3 cm³/mol. The summed E-state index contributed by atoms with van der Waals surface area (Å²) in [5.74, 6) is 0. The lowest BCUT2D eigenvalue weighted by atomic mass is 10.2. The molecular weight excluding hydrogens is 170 g/mol. The lowest BCUT2D eigenvalue weighted by Gasteiger charge is -2.02. The molecule has 14 heavy (non-hydrogen) atoms. The largest absolute Gasteiger partial charge is 0.237 e. The van der Waals surface area contributed by atoms with Crippen LogP contribution in [0.15, 0.2) is 30.3 Å². The monoisotopic (exact) mass is 190 g/mol. The van der Waals surface area contributed by atoms with Crippen LogP contribution in [0.2, 0.25) is 0 Å². The van der Waals surface area contributed by atoms with Gasteiger partial charge in [0.1, 0.15) is 0 Å². The van der Waals surface area contributed by atoms with Crippen LogP contribution in [0, 0.1) is 0 Å². The van der Waals surface area contributed by atoms with E-state index in [2.05, 4.69) is 36.5 Å². The van der Waals surface area contributed by atoms with Crippen LogP contribution in [0.1, 0.15) is 38.2 Å². The van der Waals surface area contributed by atoms with Gasteiger partial charge in [0.05, 0.1) is 0 Å². The zero-order chi connectivity index (χ0) is 10.1. The standard InChI is InChI=1S/C13H20N/c1-2-3-4-8-11-14-12-13-9-6-5-7-10-13/h5-7,9-10H,2-4,8,11-12H2,1H3. The fourth-order valence-electron chi connectivity index (χ4n) is 1.44. The van der Waals surface area contributed by atoms with Crippen LogP contribution in [0.25, 0.3) is 0 Å². The SMILES string of the molecule is CCCCCC[N]Cc1ccccc1. The van der Waals surface area contributed by atoms with Gasteiger partial charge in [0.15, 0.2) is 0 Å². The van der Waals surface area contributed by atoms with E-state index in [1.54, 1.807) is 0 Å². The minimum absolute atomic E-state index is 0.882. The van der Waals surface area contributed by atoms with Gasteiger partial charge in [-0.15, -0.1) is 0 Å². The van der Waals surface area contributed by atoms with Gasteiger partial charge < -0.3 is 0 Å². The summed E-state index contributed by atoms with van der Waals surface area (Å²) in [5.41, 5.74) is 1.32. The molecule has 0 N–H and O–H groups in total. The first-order valence-corrected chi connectivity index (χ1v) is 5.60. The molecule has 0 atom stereocenters. The summed E-state index contributed by atoms with van der Waals surface area (Å²) in [6, 6.07) is 10.5. The molecule has 0 bridgehead atoms. The highest BCUT2D eigenvalue weighted by molar-refractivity contribution is 5.14. The molecule has 0 aliphatic rings. The first kappa shape index (κ1) is 11.3. The van der Waals surface area contributed by atoms with Gasteiger partial charge in [-0.25, -0.2) is 5.32 Å². The molecule has 1 radical (unpaired) electrons. The van der Waals surface area contributed by atoms with Crippen molar-refractivity contribution in [3.8, 4) is 0 Å². The van der Waals surface area contributed by atoms with E-state index < -0.39 is 0 Å². The van der Waals surface area contributed by atoms with Gasteiger partial charge in [0.25, 0.3) is 0 Å². The Morgan fingerprint density at radius 2 is 1.79 bits per heavy atom. The van der Waals surface area contributed by atoms with E-state index in [0.29, 0.717) is 0 Å². The second-order valence-corrected chi connectivity index (χ2v) is 3.65. The minimum Gasteiger partial charge on any atom is -0.237 e. The topological polar surface area (TPSA) is 14.1 Å². The number of nitrogens with zero attached hydrogens (tertiary/aromatic N) is 1. The van der Waals surface area contributed by atoms with Crippen molar-refractivity contribution in [3.63, 3.8) is 0 Å². The van der Waals surface area contributed by atoms with E-state index in [4.69, 9.17) is 0 Å². The highest BCUT2D eigenvalue weighted by Gasteiger charge is 1.92. The molecule has 0 heterocycles. The Balaban J connectivity index is 1.99. The predicted octanol–water partition coefficient (Wildman–Crippen LogP) is 3.37. The van der Waals surface area contributed by atoms with Crippen LogP contribution in [0.5, 0.6) is 0 Å². The zero-order valence-corrected chi connectivity index (χ0v) is 9.08. The summed E-state index contributed by atoms with van der Waals surface area (Å²) in [7, 11) is 0. The highest BCUT2D eigenvalue weighted by Crippen LogP contribution is 2.00. The molecule has 77 valence electrons. The summed E-state index contributed by atoms with van der Waals surface area (Å²) in [6.45, 7) is 4.14. The molecule has 0 saturated carbocycles. The molecule has 1 heteroatoms. The molecule has 0 aromatic heterocycles. The maximum absolute atomic E-state index is 4.51. The molecular formula is C13H20N. The third kappa shape index (κ3) is 5.03. The molecule has 0 saturated heterocycles. The maximum atomic E-state index is 4.51. The lowest BCUT2D eigenvalue weighted by molar-refractivity contribution is 0.590. The Hall–Kier alpha value is -0.820. The van der Waals surface area contributed by atoms with Gasteiger partial charge in [-0.2, -0.15) is 0 Å². The van der Waals surface area contributed by atoms with Crippen LogP contribution in [0.3, 0.4) is 0 Å². The smallest absolute Gasteiger partial charge is 0.0384 e. The first-order chi connectivity index (χ1) is 6.93. The van der Waals surface area contributed by atoms with Crippen LogP contribution >= 0.6 is 0 Å². The summed E-state index contributed by atoms with van der Waals surface area (Å²) in [5, 5.41) is 4.51. The van der Waals surface area contributed by atoms with E-state index in [0.717, 1.165) is 13.1 Å². The Morgan fingerprint density at radius 1 is 1.00 bits per heavy atom. The van der Waals surface area contributed by atoms with E-state index in [1.807, 2.05) is 6.07 Å². The van der Waals surface area contributed by atoms with Crippen molar-refractivity contribution in [1.29, 1.82) is 0 Å². The Bertz CT molecular complexity index is 218. The van der Waals surface area contributed by atoms with E-state index in [-0.39, 0.29) is 0 Å². The van der Waals surface area contributed by atoms with Gasteiger partial charge in [-0.05, 0) is 12.0 Å². The third-order valence-electron chi connectivity index (χ3n) is 2.31. The Labute approximate surface area is 87.5 Å². The van der Waals surface area contributed by atoms with Crippen molar-refractivity contribution < 1.29 is 0 Å². The third-order valence-corrected chi connectivity index (χ3v) is 2.31. The molecule has 1 aromatic rings. The second kappa shape index (κ2) is 7.57. The van der Waals surface area contributed by atoms with Gasteiger partial charge in [-0.3, -0.25) is 0 Å². The Kier molecular flexibility index (Phi) is 6.09. The van der Waals surface area contributed by atoms with Crippen molar-refractivity contribution in [3.05, 3.63) is 35.9 Å². The van der Waals surface area contributed by atoms with E-state index in [1.165, 1.54) is 31.2 Å². The quantitative estimate of drug-likeness (QED) is 0.585. The number of hydrogen-bond donors (Lipinski definition) is 0. The van der Waals surface area contributed by atoms with Crippen LogP contribution in [-0.2, 0) is 6.54 Å². The van der Waals surface area contributed by atoms with Gasteiger partial charge in [0, 0.05) is 13.1 Å². The summed E-state index contributed by atoms with van der Waals surface area (Å²) < 4.78 is 0. The molecule has 0 amide bonds. The normalized spacial score (nSPS) is 10.4. The average Bonchev–Trinajstić information content (AvgIpc) is 2.25. The van der Waals surface area contributed by atoms with E-state index >= 15 is 0 Å². The molecule has 1 rings (SSSR count). The van der Waals surface area contributed by atoms with Crippen LogP contribution in [-0.4, -0.2) is 6.54 Å². The number of unbranched alkanes of at least 4 members (excludes halogenated alkanes) is 3. The zero-order valence-electron chi connectivity index (χ0n) is 9.08. The molecule has 0 fully saturated rings. The summed E-state index contributed by atoms with van der Waals surface area (Å²) in [6.07, 6.45) is 5.23. The van der Waals surface area contributed by atoms with Crippen molar-refractivity contribution in [1.82, 2.24) is 5.32 Å². The summed E-state index contributed by atoms with van der Waals surface area (Å²) in [4.78, 5) is 0. The first-order valence-electron chi connectivity index (χ1n) is 5.60. The molecule has 1 nitrogen and oxygen atoms in total. The lowest BCUT2D eigenvalue weighted by Crippen LogP contribution is -2.06. The van der Waals surface area contributed by atoms with Gasteiger partial charge in [-0.1, -0.05) is 56.5 Å². The number of benzene rings is 1. The van der Waals surface area contributed by atoms with Crippen molar-refractivity contribution >= 4 is 0 Å².